The van der Waals surface area contributed by atoms with E-state index in [9.17, 15) is 4.79 Å². The summed E-state index contributed by atoms with van der Waals surface area (Å²) >= 11 is 0. The normalized spacial score (nSPS) is 15.3. The van der Waals surface area contributed by atoms with Crippen molar-refractivity contribution in [1.29, 1.82) is 0 Å². The largest absolute Gasteiger partial charge is 0.349 e. The fourth-order valence-corrected chi connectivity index (χ4v) is 1.94. The zero-order valence-corrected chi connectivity index (χ0v) is 10.7. The number of aromatic amines is 1. The van der Waals surface area contributed by atoms with Gasteiger partial charge in [0.05, 0.1) is 11.0 Å². The van der Waals surface area contributed by atoms with E-state index in [-0.39, 0.29) is 5.91 Å². The van der Waals surface area contributed by atoms with E-state index in [1.165, 1.54) is 0 Å². The van der Waals surface area contributed by atoms with Gasteiger partial charge in [-0.05, 0) is 31.0 Å². The van der Waals surface area contributed by atoms with E-state index in [4.69, 9.17) is 0 Å². The summed E-state index contributed by atoms with van der Waals surface area (Å²) in [7, 11) is 0. The summed E-state index contributed by atoms with van der Waals surface area (Å²) in [5, 5.41) is 2.99. The second kappa shape index (κ2) is 4.12. The van der Waals surface area contributed by atoms with Gasteiger partial charge in [0.25, 0.3) is 5.91 Å². The highest BCUT2D eigenvalue weighted by Crippen LogP contribution is 2.21. The summed E-state index contributed by atoms with van der Waals surface area (Å²) in [6.07, 6.45) is 2.21. The van der Waals surface area contributed by atoms with Crippen LogP contribution in [0.4, 0.5) is 0 Å². The Morgan fingerprint density at radius 3 is 2.89 bits per heavy atom. The molecule has 4 nitrogen and oxygen atoms in total. The monoisotopic (exact) mass is 243 g/mol. The molecule has 1 aliphatic carbocycles. The first-order valence-corrected chi connectivity index (χ1v) is 6.44. The lowest BCUT2D eigenvalue weighted by Gasteiger charge is -2.02. The number of fused-ring (bicyclic) bond motifs is 1. The minimum atomic E-state index is 0.0140. The van der Waals surface area contributed by atoms with Crippen molar-refractivity contribution in [3.05, 3.63) is 29.6 Å². The van der Waals surface area contributed by atoms with E-state index in [1.54, 1.807) is 0 Å². The highest BCUT2D eigenvalue weighted by Gasteiger charge is 2.23. The van der Waals surface area contributed by atoms with Crippen molar-refractivity contribution in [1.82, 2.24) is 15.3 Å². The molecule has 94 valence electrons. The van der Waals surface area contributed by atoms with Crippen LogP contribution in [0.3, 0.4) is 0 Å². The fraction of sp³-hybridized carbons (Fsp3) is 0.429. The van der Waals surface area contributed by atoms with Crippen LogP contribution in [0.5, 0.6) is 0 Å². The Hall–Kier alpha value is -1.84. The van der Waals surface area contributed by atoms with Crippen molar-refractivity contribution in [2.45, 2.75) is 38.6 Å². The van der Waals surface area contributed by atoms with Crippen LogP contribution in [-0.4, -0.2) is 21.9 Å². The molecule has 1 fully saturated rings. The Morgan fingerprint density at radius 1 is 1.44 bits per heavy atom. The highest BCUT2D eigenvalue weighted by atomic mass is 16.1. The van der Waals surface area contributed by atoms with Crippen LogP contribution >= 0.6 is 0 Å². The molecule has 0 aliphatic heterocycles. The summed E-state index contributed by atoms with van der Waals surface area (Å²) < 4.78 is 0. The van der Waals surface area contributed by atoms with Gasteiger partial charge in [0.15, 0.2) is 0 Å². The number of amides is 1. The van der Waals surface area contributed by atoms with Crippen molar-refractivity contribution < 1.29 is 4.79 Å². The van der Waals surface area contributed by atoms with Crippen LogP contribution in [0, 0.1) is 0 Å². The van der Waals surface area contributed by atoms with E-state index in [0.29, 0.717) is 17.5 Å². The smallest absolute Gasteiger partial charge is 0.251 e. The van der Waals surface area contributed by atoms with E-state index < -0.39 is 0 Å². The van der Waals surface area contributed by atoms with Crippen molar-refractivity contribution in [2.24, 2.45) is 0 Å². The summed E-state index contributed by atoms with van der Waals surface area (Å²) in [4.78, 5) is 19.7. The number of benzene rings is 1. The average molecular weight is 243 g/mol. The molecule has 0 unspecified atom stereocenters. The Labute approximate surface area is 106 Å². The minimum Gasteiger partial charge on any atom is -0.349 e. The Kier molecular flexibility index (Phi) is 2.58. The van der Waals surface area contributed by atoms with Crippen LogP contribution in [-0.2, 0) is 0 Å². The second-order valence-electron chi connectivity index (χ2n) is 5.26. The molecular formula is C14H17N3O. The number of carbonyl (C=O) groups is 1. The lowest BCUT2D eigenvalue weighted by Crippen LogP contribution is -2.25. The molecule has 0 atom stereocenters. The van der Waals surface area contributed by atoms with Crippen molar-refractivity contribution in [3.8, 4) is 0 Å². The standard InChI is InChI=1S/C14H17N3O/c1-8(2)13-16-11-6-3-9(7-12(11)17-13)14(18)15-10-4-5-10/h3,6-8,10H,4-5H2,1-2H3,(H,15,18)(H,16,17). The van der Waals surface area contributed by atoms with E-state index in [1.807, 2.05) is 18.2 Å². The summed E-state index contributed by atoms with van der Waals surface area (Å²) in [6, 6.07) is 6.01. The SMILES string of the molecule is CC(C)c1nc2ccc(C(=O)NC3CC3)cc2[nH]1. The number of hydrogen-bond acceptors (Lipinski definition) is 2. The van der Waals surface area contributed by atoms with Crippen LogP contribution in [0.2, 0.25) is 0 Å². The lowest BCUT2D eigenvalue weighted by atomic mass is 10.2. The van der Waals surface area contributed by atoms with E-state index in [0.717, 1.165) is 29.7 Å². The maximum atomic E-state index is 11.9. The molecule has 1 aromatic heterocycles. The fourth-order valence-electron chi connectivity index (χ4n) is 1.94. The average Bonchev–Trinajstić information content (AvgIpc) is 3.04. The predicted octanol–water partition coefficient (Wildman–Crippen LogP) is 2.58. The van der Waals surface area contributed by atoms with E-state index >= 15 is 0 Å². The number of nitrogens with zero attached hydrogens (tertiary/aromatic N) is 1. The summed E-state index contributed by atoms with van der Waals surface area (Å²) in [5.74, 6) is 1.34. The Balaban J connectivity index is 1.91. The van der Waals surface area contributed by atoms with Gasteiger partial charge < -0.3 is 10.3 Å². The molecule has 1 heterocycles. The maximum Gasteiger partial charge on any atom is 0.251 e. The van der Waals surface area contributed by atoms with Gasteiger partial charge in [-0.3, -0.25) is 4.79 Å². The molecule has 2 N–H and O–H groups in total. The lowest BCUT2D eigenvalue weighted by molar-refractivity contribution is 0.0951. The van der Waals surface area contributed by atoms with Gasteiger partial charge in [0.1, 0.15) is 5.82 Å². The molecule has 3 rings (SSSR count). The molecule has 1 aliphatic rings. The quantitative estimate of drug-likeness (QED) is 0.870. The second-order valence-corrected chi connectivity index (χ2v) is 5.26. The molecule has 1 amide bonds. The zero-order valence-electron chi connectivity index (χ0n) is 10.7. The van der Waals surface area contributed by atoms with Crippen molar-refractivity contribution in [3.63, 3.8) is 0 Å². The van der Waals surface area contributed by atoms with Gasteiger partial charge in [-0.15, -0.1) is 0 Å². The molecule has 0 spiro atoms. The van der Waals surface area contributed by atoms with Gasteiger partial charge >= 0.3 is 0 Å². The van der Waals surface area contributed by atoms with Crippen LogP contribution < -0.4 is 5.32 Å². The molecule has 1 aromatic carbocycles. The molecule has 1 saturated carbocycles. The molecule has 2 aromatic rings. The third kappa shape index (κ3) is 2.10. The first-order valence-electron chi connectivity index (χ1n) is 6.44. The Bertz CT molecular complexity index is 596. The summed E-state index contributed by atoms with van der Waals surface area (Å²) in [5.41, 5.74) is 2.55. The number of nitrogens with one attached hydrogen (secondary N) is 2. The maximum absolute atomic E-state index is 11.9. The number of hydrogen-bond donors (Lipinski definition) is 2. The predicted molar refractivity (Wildman–Crippen MR) is 70.7 cm³/mol. The van der Waals surface area contributed by atoms with Gasteiger partial charge in [0.2, 0.25) is 0 Å². The third-order valence-electron chi connectivity index (χ3n) is 3.22. The number of imidazole rings is 1. The Morgan fingerprint density at radius 2 is 2.22 bits per heavy atom. The van der Waals surface area contributed by atoms with Crippen molar-refractivity contribution >= 4 is 16.9 Å². The van der Waals surface area contributed by atoms with Crippen LogP contribution in [0.15, 0.2) is 18.2 Å². The number of H-pyrrole nitrogens is 1. The first-order chi connectivity index (χ1) is 8.63. The number of carbonyl (C=O) groups excluding carboxylic acids is 1. The zero-order chi connectivity index (χ0) is 12.7. The summed E-state index contributed by atoms with van der Waals surface area (Å²) in [6.45, 7) is 4.19. The van der Waals surface area contributed by atoms with Gasteiger partial charge in [0, 0.05) is 17.5 Å². The van der Waals surface area contributed by atoms with Crippen LogP contribution in [0.25, 0.3) is 11.0 Å². The van der Waals surface area contributed by atoms with Crippen LogP contribution in [0.1, 0.15) is 48.8 Å². The molecule has 0 bridgehead atoms. The van der Waals surface area contributed by atoms with Gasteiger partial charge in [-0.25, -0.2) is 4.98 Å². The third-order valence-corrected chi connectivity index (χ3v) is 3.22. The van der Waals surface area contributed by atoms with Gasteiger partial charge in [-0.1, -0.05) is 13.8 Å². The molecule has 4 heteroatoms. The topological polar surface area (TPSA) is 57.8 Å². The van der Waals surface area contributed by atoms with Gasteiger partial charge in [-0.2, -0.15) is 0 Å². The highest BCUT2D eigenvalue weighted by molar-refractivity contribution is 5.97. The minimum absolute atomic E-state index is 0.0140. The molecule has 0 radical (unpaired) electrons. The number of rotatable bonds is 3. The number of aromatic nitrogens is 2. The molecule has 0 saturated heterocycles. The first kappa shape index (κ1) is 11.3. The van der Waals surface area contributed by atoms with E-state index in [2.05, 4.69) is 29.1 Å². The van der Waals surface area contributed by atoms with Crippen molar-refractivity contribution in [2.75, 3.05) is 0 Å². The molecule has 18 heavy (non-hydrogen) atoms. The molecular weight excluding hydrogens is 226 g/mol.